The summed E-state index contributed by atoms with van der Waals surface area (Å²) >= 11 is 8.44. The van der Waals surface area contributed by atoms with Crippen molar-refractivity contribution in [3.8, 4) is 0 Å². The van der Waals surface area contributed by atoms with E-state index >= 15 is 0 Å². The zero-order valence-electron chi connectivity index (χ0n) is 6.65. The van der Waals surface area contributed by atoms with Gasteiger partial charge in [-0.05, 0) is 15.9 Å². The van der Waals surface area contributed by atoms with Crippen LogP contribution in [0.3, 0.4) is 0 Å². The van der Waals surface area contributed by atoms with Crippen molar-refractivity contribution in [3.63, 3.8) is 0 Å². The molecule has 4 nitrogen and oxygen atoms in total. The van der Waals surface area contributed by atoms with Crippen LogP contribution in [-0.4, -0.2) is 26.6 Å². The lowest BCUT2D eigenvalue weighted by Gasteiger charge is -2.08. The summed E-state index contributed by atoms with van der Waals surface area (Å²) in [7, 11) is 0. The van der Waals surface area contributed by atoms with Crippen LogP contribution in [0.1, 0.15) is 0 Å². The first kappa shape index (κ1) is 10.7. The largest absolute Gasteiger partial charge is 0.390 e. The van der Waals surface area contributed by atoms with Crippen LogP contribution in [0.25, 0.3) is 0 Å². The van der Waals surface area contributed by atoms with Crippen molar-refractivity contribution in [3.05, 3.63) is 27.4 Å². The van der Waals surface area contributed by atoms with Crippen molar-refractivity contribution >= 4 is 27.5 Å². The molecule has 0 aliphatic heterocycles. The van der Waals surface area contributed by atoms with Gasteiger partial charge in [0.2, 0.25) is 0 Å². The van der Waals surface area contributed by atoms with Gasteiger partial charge in [0.25, 0.3) is 5.56 Å². The third-order valence-electron chi connectivity index (χ3n) is 1.44. The molecule has 1 aromatic heterocycles. The zero-order chi connectivity index (χ0) is 9.84. The van der Waals surface area contributed by atoms with E-state index in [4.69, 9.17) is 11.6 Å². The molecule has 1 atom stereocenters. The van der Waals surface area contributed by atoms with Gasteiger partial charge in [-0.3, -0.25) is 9.36 Å². The van der Waals surface area contributed by atoms with E-state index in [1.54, 1.807) is 0 Å². The molecule has 6 heteroatoms. The number of halogens is 2. The van der Waals surface area contributed by atoms with Gasteiger partial charge in [-0.1, -0.05) is 0 Å². The molecule has 0 fully saturated rings. The Morgan fingerprint density at radius 1 is 1.77 bits per heavy atom. The van der Waals surface area contributed by atoms with Crippen molar-refractivity contribution in [2.24, 2.45) is 0 Å². The van der Waals surface area contributed by atoms with Crippen molar-refractivity contribution in [1.29, 1.82) is 0 Å². The zero-order valence-corrected chi connectivity index (χ0v) is 8.99. The van der Waals surface area contributed by atoms with Gasteiger partial charge in [0.15, 0.2) is 0 Å². The first-order valence-corrected chi connectivity index (χ1v) is 4.92. The van der Waals surface area contributed by atoms with E-state index in [9.17, 15) is 9.90 Å². The summed E-state index contributed by atoms with van der Waals surface area (Å²) in [6, 6.07) is 0. The fraction of sp³-hybridized carbons (Fsp3) is 0.429. The monoisotopic (exact) mass is 266 g/mol. The molecule has 0 aromatic carbocycles. The number of alkyl halides is 1. The van der Waals surface area contributed by atoms with Crippen LogP contribution < -0.4 is 5.56 Å². The maximum absolute atomic E-state index is 11.3. The van der Waals surface area contributed by atoms with Crippen LogP contribution in [0.2, 0.25) is 0 Å². The van der Waals surface area contributed by atoms with Crippen molar-refractivity contribution in [2.45, 2.75) is 12.6 Å². The Balaban J connectivity index is 2.89. The van der Waals surface area contributed by atoms with Gasteiger partial charge in [-0.15, -0.1) is 11.6 Å². The van der Waals surface area contributed by atoms with Gasteiger partial charge >= 0.3 is 0 Å². The molecule has 1 N–H and O–H groups in total. The number of hydrogen-bond donors (Lipinski definition) is 1. The van der Waals surface area contributed by atoms with Gasteiger partial charge in [0, 0.05) is 6.20 Å². The van der Waals surface area contributed by atoms with Crippen molar-refractivity contribution in [1.82, 2.24) is 9.55 Å². The Morgan fingerprint density at radius 2 is 2.46 bits per heavy atom. The molecule has 0 bridgehead atoms. The standard InChI is InChI=1S/C7H8BrClN2O2/c8-6-2-10-4-11(7(6)13)3-5(12)1-9/h2,4-5,12H,1,3H2. The Labute approximate surface area is 88.3 Å². The molecule has 0 aliphatic rings. The number of rotatable bonds is 3. The second-order valence-electron chi connectivity index (χ2n) is 2.51. The molecule has 1 aromatic rings. The fourth-order valence-electron chi connectivity index (χ4n) is 0.830. The Kier molecular flexibility index (Phi) is 3.90. The van der Waals surface area contributed by atoms with Crippen LogP contribution in [0.5, 0.6) is 0 Å². The van der Waals surface area contributed by atoms with E-state index in [-0.39, 0.29) is 18.0 Å². The van der Waals surface area contributed by atoms with Gasteiger partial charge in [0.05, 0.1) is 24.9 Å². The molecule has 0 amide bonds. The number of aliphatic hydroxyl groups excluding tert-OH is 1. The number of aromatic nitrogens is 2. The normalized spacial score (nSPS) is 12.8. The summed E-state index contributed by atoms with van der Waals surface area (Å²) in [5, 5.41) is 9.19. The van der Waals surface area contributed by atoms with E-state index in [0.717, 1.165) is 0 Å². The minimum Gasteiger partial charge on any atom is -0.390 e. The average Bonchev–Trinajstić information content (AvgIpc) is 2.13. The Bertz CT molecular complexity index is 342. The number of aliphatic hydroxyl groups is 1. The van der Waals surface area contributed by atoms with Gasteiger partial charge in [0.1, 0.15) is 4.47 Å². The van der Waals surface area contributed by atoms with Crippen LogP contribution in [0, 0.1) is 0 Å². The van der Waals surface area contributed by atoms with E-state index in [2.05, 4.69) is 20.9 Å². The molecular weight excluding hydrogens is 259 g/mol. The molecule has 1 rings (SSSR count). The first-order chi connectivity index (χ1) is 6.15. The van der Waals surface area contributed by atoms with Gasteiger partial charge in [-0.2, -0.15) is 0 Å². The minimum absolute atomic E-state index is 0.0962. The molecule has 0 saturated heterocycles. The minimum atomic E-state index is -0.726. The summed E-state index contributed by atoms with van der Waals surface area (Å²) in [5.41, 5.74) is -0.223. The molecule has 1 unspecified atom stereocenters. The first-order valence-electron chi connectivity index (χ1n) is 3.59. The highest BCUT2D eigenvalue weighted by molar-refractivity contribution is 9.10. The molecule has 0 radical (unpaired) electrons. The summed E-state index contributed by atoms with van der Waals surface area (Å²) in [6.45, 7) is 0.161. The second kappa shape index (κ2) is 4.74. The number of hydrogen-bond acceptors (Lipinski definition) is 3. The molecule has 0 saturated carbocycles. The van der Waals surface area contributed by atoms with Gasteiger partial charge < -0.3 is 5.11 Å². The number of nitrogens with zero attached hydrogens (tertiary/aromatic N) is 2. The predicted octanol–water partition coefficient (Wildman–Crippen LogP) is 0.605. The summed E-state index contributed by atoms with van der Waals surface area (Å²) < 4.78 is 1.67. The van der Waals surface area contributed by atoms with Gasteiger partial charge in [-0.25, -0.2) is 4.98 Å². The maximum atomic E-state index is 11.3. The average molecular weight is 268 g/mol. The van der Waals surface area contributed by atoms with Crippen LogP contribution in [-0.2, 0) is 6.54 Å². The second-order valence-corrected chi connectivity index (χ2v) is 3.67. The molecule has 0 aliphatic carbocycles. The third-order valence-corrected chi connectivity index (χ3v) is 2.34. The fourth-order valence-corrected chi connectivity index (χ4v) is 1.27. The SMILES string of the molecule is O=c1c(Br)cncn1CC(O)CCl. The third kappa shape index (κ3) is 2.79. The molecule has 13 heavy (non-hydrogen) atoms. The Morgan fingerprint density at radius 3 is 3.08 bits per heavy atom. The molecule has 72 valence electrons. The quantitative estimate of drug-likeness (QED) is 0.816. The van der Waals surface area contributed by atoms with E-state index in [1.165, 1.54) is 17.1 Å². The Hall–Kier alpha value is -0.390. The van der Waals surface area contributed by atoms with E-state index < -0.39 is 6.10 Å². The molecular formula is C7H8BrClN2O2. The van der Waals surface area contributed by atoms with E-state index in [0.29, 0.717) is 4.47 Å². The summed E-state index contributed by atoms with van der Waals surface area (Å²) in [4.78, 5) is 15.1. The summed E-state index contributed by atoms with van der Waals surface area (Å²) in [6.07, 6.45) is 2.05. The highest BCUT2D eigenvalue weighted by atomic mass is 79.9. The lowest BCUT2D eigenvalue weighted by atomic mass is 10.4. The molecule has 0 spiro atoms. The lowest BCUT2D eigenvalue weighted by molar-refractivity contribution is 0.174. The smallest absolute Gasteiger partial charge is 0.267 e. The topological polar surface area (TPSA) is 55.1 Å². The highest BCUT2D eigenvalue weighted by Gasteiger charge is 2.06. The van der Waals surface area contributed by atoms with Crippen LogP contribution in [0.4, 0.5) is 0 Å². The summed E-state index contributed by atoms with van der Waals surface area (Å²) in [5.74, 6) is 0.0962. The van der Waals surface area contributed by atoms with Crippen LogP contribution >= 0.6 is 27.5 Å². The van der Waals surface area contributed by atoms with Crippen molar-refractivity contribution in [2.75, 3.05) is 5.88 Å². The lowest BCUT2D eigenvalue weighted by Crippen LogP contribution is -2.27. The van der Waals surface area contributed by atoms with Crippen molar-refractivity contribution < 1.29 is 5.11 Å². The van der Waals surface area contributed by atoms with Crippen LogP contribution in [0.15, 0.2) is 21.8 Å². The molecule has 1 heterocycles. The maximum Gasteiger partial charge on any atom is 0.267 e. The van der Waals surface area contributed by atoms with E-state index in [1.807, 2.05) is 0 Å². The predicted molar refractivity (Wildman–Crippen MR) is 52.9 cm³/mol. The highest BCUT2D eigenvalue weighted by Crippen LogP contribution is 1.99.